The molecule has 1 aromatic carbocycles. The Hall–Kier alpha value is -0.910. The molecule has 1 aromatic heterocycles. The Morgan fingerprint density at radius 3 is 2.50 bits per heavy atom. The van der Waals surface area contributed by atoms with Crippen LogP contribution in [-0.2, 0) is 0 Å². The molecule has 0 atom stereocenters. The van der Waals surface area contributed by atoms with E-state index in [1.54, 1.807) is 0 Å². The summed E-state index contributed by atoms with van der Waals surface area (Å²) in [5.41, 5.74) is 1.83. The number of nitrogens with zero attached hydrogens (tertiary/aromatic N) is 2. The van der Waals surface area contributed by atoms with Crippen LogP contribution in [0.4, 0.5) is 0 Å². The van der Waals surface area contributed by atoms with Gasteiger partial charge < -0.3 is 4.52 Å². The fourth-order valence-electron chi connectivity index (χ4n) is 0.947. The van der Waals surface area contributed by atoms with Crippen molar-refractivity contribution in [2.45, 2.75) is 0 Å². The van der Waals surface area contributed by atoms with Gasteiger partial charge in [-0.1, -0.05) is 30.3 Å². The lowest BCUT2D eigenvalue weighted by Gasteiger charge is -1.92. The van der Waals surface area contributed by atoms with Crippen molar-refractivity contribution in [2.24, 2.45) is 0 Å². The van der Waals surface area contributed by atoms with Gasteiger partial charge in [-0.15, -0.1) is 5.10 Å². The van der Waals surface area contributed by atoms with E-state index in [4.69, 9.17) is 4.52 Å². The van der Waals surface area contributed by atoms with E-state index in [1.165, 1.54) is 0 Å². The van der Waals surface area contributed by atoms with Crippen LogP contribution in [0.15, 0.2) is 34.9 Å². The van der Waals surface area contributed by atoms with Crippen LogP contribution in [0.3, 0.4) is 0 Å². The normalized spacial score (nSPS) is 10.1. The zero-order valence-corrected chi connectivity index (χ0v) is 8.22. The average Bonchev–Trinajstić information content (AvgIpc) is 2.53. The lowest BCUT2D eigenvalue weighted by Crippen LogP contribution is -1.78. The first-order chi connectivity index (χ1) is 5.88. The predicted octanol–water partition coefficient (Wildman–Crippen LogP) is 2.34. The molecule has 0 amide bonds. The zero-order chi connectivity index (χ0) is 8.39. The summed E-state index contributed by atoms with van der Waals surface area (Å²) in [6, 6.07) is 9.83. The van der Waals surface area contributed by atoms with E-state index in [2.05, 4.69) is 33.0 Å². The predicted molar refractivity (Wildman–Crippen MR) is 52.5 cm³/mol. The average molecular weight is 272 g/mol. The SMILES string of the molecule is Ic1onnc1-c1ccccc1. The first-order valence-electron chi connectivity index (χ1n) is 3.41. The van der Waals surface area contributed by atoms with Gasteiger partial charge in [-0.2, -0.15) is 0 Å². The van der Waals surface area contributed by atoms with Crippen LogP contribution in [0, 0.1) is 3.77 Å². The Labute approximate surface area is 82.9 Å². The highest BCUT2D eigenvalue weighted by atomic mass is 127. The van der Waals surface area contributed by atoms with E-state index in [-0.39, 0.29) is 0 Å². The summed E-state index contributed by atoms with van der Waals surface area (Å²) in [5.74, 6) is 0. The third-order valence-corrected chi connectivity index (χ3v) is 2.20. The fourth-order valence-corrected chi connectivity index (χ4v) is 1.45. The summed E-state index contributed by atoms with van der Waals surface area (Å²) in [6.45, 7) is 0. The van der Waals surface area contributed by atoms with Crippen LogP contribution >= 0.6 is 22.6 Å². The van der Waals surface area contributed by atoms with Crippen LogP contribution in [0.5, 0.6) is 0 Å². The second kappa shape index (κ2) is 3.22. The van der Waals surface area contributed by atoms with E-state index in [0.717, 1.165) is 15.0 Å². The highest BCUT2D eigenvalue weighted by Gasteiger charge is 2.07. The number of hydrogen-bond donors (Lipinski definition) is 0. The third-order valence-electron chi connectivity index (χ3n) is 1.50. The molecule has 0 saturated carbocycles. The molecule has 3 nitrogen and oxygen atoms in total. The number of halogens is 1. The molecule has 0 unspecified atom stereocenters. The summed E-state index contributed by atoms with van der Waals surface area (Å²) in [6.07, 6.45) is 0. The minimum Gasteiger partial charge on any atom is -0.330 e. The largest absolute Gasteiger partial charge is 0.330 e. The molecule has 0 fully saturated rings. The third kappa shape index (κ3) is 1.34. The monoisotopic (exact) mass is 272 g/mol. The standard InChI is InChI=1S/C8H5IN2O/c9-8-7(10-11-12-8)6-4-2-1-3-5-6/h1-5H. The van der Waals surface area contributed by atoms with Crippen molar-refractivity contribution in [3.05, 3.63) is 34.1 Å². The molecule has 0 aliphatic rings. The quantitative estimate of drug-likeness (QED) is 0.748. The summed E-state index contributed by atoms with van der Waals surface area (Å²) in [4.78, 5) is 0. The second-order valence-electron chi connectivity index (χ2n) is 2.26. The summed E-state index contributed by atoms with van der Waals surface area (Å²) >= 11 is 2.07. The molecule has 0 saturated heterocycles. The Kier molecular flexibility index (Phi) is 2.07. The van der Waals surface area contributed by atoms with E-state index >= 15 is 0 Å². The molecule has 0 aliphatic heterocycles. The van der Waals surface area contributed by atoms with Gasteiger partial charge >= 0.3 is 0 Å². The van der Waals surface area contributed by atoms with Gasteiger partial charge in [-0.05, 0) is 0 Å². The second-order valence-corrected chi connectivity index (χ2v) is 3.24. The molecule has 0 N–H and O–H groups in total. The van der Waals surface area contributed by atoms with Crippen molar-refractivity contribution in [3.63, 3.8) is 0 Å². The Bertz CT molecular complexity index is 372. The van der Waals surface area contributed by atoms with E-state index < -0.39 is 0 Å². The van der Waals surface area contributed by atoms with Gasteiger partial charge in [0.1, 0.15) is 5.69 Å². The molecule has 0 spiro atoms. The van der Waals surface area contributed by atoms with Crippen molar-refractivity contribution in [1.29, 1.82) is 0 Å². The first-order valence-corrected chi connectivity index (χ1v) is 4.49. The van der Waals surface area contributed by atoms with E-state index in [1.807, 2.05) is 30.3 Å². The number of aromatic nitrogens is 2. The summed E-state index contributed by atoms with van der Waals surface area (Å²) < 4.78 is 5.57. The summed E-state index contributed by atoms with van der Waals surface area (Å²) in [5, 5.41) is 7.33. The highest BCUT2D eigenvalue weighted by Crippen LogP contribution is 2.21. The molecule has 60 valence electrons. The molecule has 0 radical (unpaired) electrons. The van der Waals surface area contributed by atoms with Gasteiger partial charge in [0.2, 0.25) is 3.77 Å². The van der Waals surface area contributed by atoms with Gasteiger partial charge in [0.15, 0.2) is 0 Å². The lowest BCUT2D eigenvalue weighted by atomic mass is 10.2. The maximum absolute atomic E-state index is 4.84. The van der Waals surface area contributed by atoms with Crippen LogP contribution in [0.1, 0.15) is 0 Å². The van der Waals surface area contributed by atoms with Crippen LogP contribution in [0.2, 0.25) is 0 Å². The van der Waals surface area contributed by atoms with E-state index in [9.17, 15) is 0 Å². The molecule has 2 rings (SSSR count). The minimum absolute atomic E-state index is 0.721. The number of rotatable bonds is 1. The molecule has 4 heteroatoms. The topological polar surface area (TPSA) is 38.9 Å². The zero-order valence-electron chi connectivity index (χ0n) is 6.07. The Morgan fingerprint density at radius 2 is 1.92 bits per heavy atom. The smallest absolute Gasteiger partial charge is 0.224 e. The van der Waals surface area contributed by atoms with Crippen molar-refractivity contribution in [2.75, 3.05) is 0 Å². The molecule has 1 heterocycles. The van der Waals surface area contributed by atoms with Gasteiger partial charge in [0, 0.05) is 33.4 Å². The van der Waals surface area contributed by atoms with Gasteiger partial charge in [0.25, 0.3) is 0 Å². The molecule has 0 bridgehead atoms. The van der Waals surface area contributed by atoms with Crippen molar-refractivity contribution < 1.29 is 4.52 Å². The van der Waals surface area contributed by atoms with Crippen molar-refractivity contribution in [3.8, 4) is 11.3 Å². The highest BCUT2D eigenvalue weighted by molar-refractivity contribution is 14.1. The van der Waals surface area contributed by atoms with Gasteiger partial charge in [0.05, 0.1) is 0 Å². The molecule has 12 heavy (non-hydrogen) atoms. The van der Waals surface area contributed by atoms with Crippen LogP contribution < -0.4 is 0 Å². The molecular weight excluding hydrogens is 267 g/mol. The van der Waals surface area contributed by atoms with E-state index in [0.29, 0.717) is 0 Å². The molecule has 0 aliphatic carbocycles. The maximum Gasteiger partial charge on any atom is 0.224 e. The lowest BCUT2D eigenvalue weighted by molar-refractivity contribution is 0.374. The van der Waals surface area contributed by atoms with Crippen LogP contribution in [-0.4, -0.2) is 10.4 Å². The minimum atomic E-state index is 0.721. The summed E-state index contributed by atoms with van der Waals surface area (Å²) in [7, 11) is 0. The Balaban J connectivity index is 2.51. The molecule has 2 aromatic rings. The molecular formula is C8H5IN2O. The fraction of sp³-hybridized carbons (Fsp3) is 0. The van der Waals surface area contributed by atoms with Gasteiger partial charge in [-0.3, -0.25) is 0 Å². The number of hydrogen-bond acceptors (Lipinski definition) is 3. The maximum atomic E-state index is 4.84. The Morgan fingerprint density at radius 1 is 1.17 bits per heavy atom. The van der Waals surface area contributed by atoms with Gasteiger partial charge in [-0.25, -0.2) is 0 Å². The van der Waals surface area contributed by atoms with Crippen LogP contribution in [0.25, 0.3) is 11.3 Å². The number of benzene rings is 1. The van der Waals surface area contributed by atoms with Crippen molar-refractivity contribution >= 4 is 22.6 Å². The first kappa shape index (κ1) is 7.72. The van der Waals surface area contributed by atoms with Crippen molar-refractivity contribution in [1.82, 2.24) is 10.4 Å².